The van der Waals surface area contributed by atoms with Crippen molar-refractivity contribution >= 4 is 5.91 Å². The van der Waals surface area contributed by atoms with E-state index in [-0.39, 0.29) is 5.91 Å². The first-order chi connectivity index (χ1) is 8.69. The summed E-state index contributed by atoms with van der Waals surface area (Å²) in [5.74, 6) is -0.141. The van der Waals surface area contributed by atoms with Gasteiger partial charge in [0.2, 0.25) is 0 Å². The molecule has 0 unspecified atom stereocenters. The number of hydrogen-bond acceptors (Lipinski definition) is 4. The van der Waals surface area contributed by atoms with Crippen LogP contribution in [-0.2, 0) is 6.54 Å². The average molecular weight is 251 g/mol. The molecule has 1 aliphatic rings. The zero-order chi connectivity index (χ0) is 13.0. The van der Waals surface area contributed by atoms with Crippen LogP contribution in [-0.4, -0.2) is 34.0 Å². The maximum atomic E-state index is 11.9. The van der Waals surface area contributed by atoms with E-state index in [1.807, 2.05) is 0 Å². The van der Waals surface area contributed by atoms with Gasteiger partial charge in [-0.3, -0.25) is 9.48 Å². The zero-order valence-corrected chi connectivity index (χ0v) is 10.9. The minimum atomic E-state index is -0.141. The van der Waals surface area contributed by atoms with Gasteiger partial charge in [-0.05, 0) is 24.7 Å². The Balaban J connectivity index is 1.87. The molecule has 0 bridgehead atoms. The highest BCUT2D eigenvalue weighted by atomic mass is 16.2. The molecule has 100 valence electrons. The molecule has 1 amide bonds. The first kappa shape index (κ1) is 13.0. The van der Waals surface area contributed by atoms with Crippen LogP contribution in [0.3, 0.4) is 0 Å². The van der Waals surface area contributed by atoms with E-state index in [1.165, 1.54) is 19.3 Å². The van der Waals surface area contributed by atoms with E-state index in [9.17, 15) is 4.79 Å². The van der Waals surface area contributed by atoms with Crippen LogP contribution in [0, 0.1) is 5.41 Å². The van der Waals surface area contributed by atoms with Crippen molar-refractivity contribution in [2.75, 3.05) is 13.1 Å². The van der Waals surface area contributed by atoms with Gasteiger partial charge in [-0.1, -0.05) is 18.6 Å². The van der Waals surface area contributed by atoms with E-state index in [0.29, 0.717) is 24.2 Å². The Hall–Kier alpha value is -1.43. The highest BCUT2D eigenvalue weighted by Gasteiger charge is 2.35. The molecule has 0 spiro atoms. The second-order valence-corrected chi connectivity index (χ2v) is 5.05. The predicted octanol–water partition coefficient (Wildman–Crippen LogP) is 0.547. The summed E-state index contributed by atoms with van der Waals surface area (Å²) in [6.07, 6.45) is 6.46. The van der Waals surface area contributed by atoms with Gasteiger partial charge in [-0.25, -0.2) is 0 Å². The topological polar surface area (TPSA) is 85.8 Å². The predicted molar refractivity (Wildman–Crippen MR) is 68.0 cm³/mol. The van der Waals surface area contributed by atoms with Gasteiger partial charge in [0, 0.05) is 13.1 Å². The van der Waals surface area contributed by atoms with Gasteiger partial charge < -0.3 is 11.1 Å². The Morgan fingerprint density at radius 2 is 2.39 bits per heavy atom. The lowest BCUT2D eigenvalue weighted by Gasteiger charge is -2.41. The van der Waals surface area contributed by atoms with Crippen molar-refractivity contribution in [2.24, 2.45) is 11.1 Å². The van der Waals surface area contributed by atoms with Crippen LogP contribution in [0.2, 0.25) is 0 Å². The normalized spacial score (nSPS) is 17.2. The number of carbonyl (C=O) groups excluding carboxylic acids is 1. The van der Waals surface area contributed by atoms with Crippen molar-refractivity contribution in [3.05, 3.63) is 11.9 Å². The summed E-state index contributed by atoms with van der Waals surface area (Å²) in [5, 5.41) is 10.7. The molecule has 2 rings (SSSR count). The van der Waals surface area contributed by atoms with Crippen LogP contribution in [0.5, 0.6) is 0 Å². The maximum absolute atomic E-state index is 11.9. The summed E-state index contributed by atoms with van der Waals surface area (Å²) in [5.41, 5.74) is 6.11. The fourth-order valence-corrected chi connectivity index (χ4v) is 2.33. The molecule has 1 fully saturated rings. The average Bonchev–Trinajstić information content (AvgIpc) is 2.77. The maximum Gasteiger partial charge on any atom is 0.273 e. The van der Waals surface area contributed by atoms with Gasteiger partial charge in [0.1, 0.15) is 0 Å². The molecule has 0 saturated heterocycles. The molecule has 6 nitrogen and oxygen atoms in total. The van der Waals surface area contributed by atoms with Crippen LogP contribution >= 0.6 is 0 Å². The number of amides is 1. The number of nitrogens with two attached hydrogens (primary N) is 1. The Morgan fingerprint density at radius 3 is 2.94 bits per heavy atom. The van der Waals surface area contributed by atoms with E-state index < -0.39 is 0 Å². The zero-order valence-electron chi connectivity index (χ0n) is 10.9. The van der Waals surface area contributed by atoms with Gasteiger partial charge in [0.25, 0.3) is 5.91 Å². The van der Waals surface area contributed by atoms with Crippen LogP contribution < -0.4 is 11.1 Å². The van der Waals surface area contributed by atoms with Crippen molar-refractivity contribution in [2.45, 2.75) is 39.2 Å². The highest BCUT2D eigenvalue weighted by Crippen LogP contribution is 2.43. The lowest BCUT2D eigenvalue weighted by molar-refractivity contribution is 0.0845. The van der Waals surface area contributed by atoms with Gasteiger partial charge in [0.05, 0.1) is 12.7 Å². The number of hydrogen-bond donors (Lipinski definition) is 2. The Labute approximate surface area is 107 Å². The number of aromatic nitrogens is 3. The van der Waals surface area contributed by atoms with Crippen LogP contribution in [0.15, 0.2) is 6.20 Å². The second-order valence-electron chi connectivity index (χ2n) is 5.05. The van der Waals surface area contributed by atoms with Gasteiger partial charge in [-0.15, -0.1) is 5.10 Å². The largest absolute Gasteiger partial charge is 0.350 e. The summed E-state index contributed by atoms with van der Waals surface area (Å²) in [4.78, 5) is 11.9. The third-order valence-corrected chi connectivity index (χ3v) is 3.92. The van der Waals surface area contributed by atoms with E-state index >= 15 is 0 Å². The molecule has 1 aliphatic carbocycles. The molecular weight excluding hydrogens is 230 g/mol. The van der Waals surface area contributed by atoms with Crippen LogP contribution in [0.1, 0.15) is 43.1 Å². The molecule has 3 N–H and O–H groups in total. The number of nitrogens with one attached hydrogen (secondary N) is 1. The molecule has 0 aromatic carbocycles. The molecule has 18 heavy (non-hydrogen) atoms. The highest BCUT2D eigenvalue weighted by molar-refractivity contribution is 5.91. The van der Waals surface area contributed by atoms with E-state index in [0.717, 1.165) is 13.0 Å². The van der Waals surface area contributed by atoms with E-state index in [2.05, 4.69) is 22.6 Å². The summed E-state index contributed by atoms with van der Waals surface area (Å²) in [6, 6.07) is 0. The van der Waals surface area contributed by atoms with E-state index in [1.54, 1.807) is 10.9 Å². The fraction of sp³-hybridized carbons (Fsp3) is 0.750. The van der Waals surface area contributed by atoms with Crippen LogP contribution in [0.4, 0.5) is 0 Å². The standard InChI is InChI=1S/C12H21N5O/c1-2-12(4-3-5-12)9-14-11(18)10-8-17(7-6-13)16-15-10/h8H,2-7,9,13H2,1H3,(H,14,18). The van der Waals surface area contributed by atoms with Crippen molar-refractivity contribution < 1.29 is 4.79 Å². The molecule has 1 aromatic rings. The number of carbonyl (C=O) groups is 1. The fourth-order valence-electron chi connectivity index (χ4n) is 2.33. The molecule has 1 aromatic heterocycles. The summed E-state index contributed by atoms with van der Waals surface area (Å²) < 4.78 is 1.59. The molecular formula is C12H21N5O. The second kappa shape index (κ2) is 5.48. The van der Waals surface area contributed by atoms with Gasteiger partial charge in [0.15, 0.2) is 5.69 Å². The lowest BCUT2D eigenvalue weighted by atomic mass is 9.67. The molecule has 1 heterocycles. The van der Waals surface area contributed by atoms with Crippen molar-refractivity contribution in [3.8, 4) is 0 Å². The smallest absolute Gasteiger partial charge is 0.273 e. The minimum absolute atomic E-state index is 0.141. The van der Waals surface area contributed by atoms with Crippen molar-refractivity contribution in [1.29, 1.82) is 0 Å². The number of rotatable bonds is 6. The van der Waals surface area contributed by atoms with Crippen molar-refractivity contribution in [3.63, 3.8) is 0 Å². The molecule has 0 aliphatic heterocycles. The Kier molecular flexibility index (Phi) is 3.96. The summed E-state index contributed by atoms with van der Waals surface area (Å²) in [7, 11) is 0. The van der Waals surface area contributed by atoms with Gasteiger partial charge in [-0.2, -0.15) is 0 Å². The minimum Gasteiger partial charge on any atom is -0.350 e. The van der Waals surface area contributed by atoms with Crippen LogP contribution in [0.25, 0.3) is 0 Å². The lowest BCUT2D eigenvalue weighted by Crippen LogP contribution is -2.41. The third kappa shape index (κ3) is 2.69. The Bertz CT molecular complexity index is 405. The van der Waals surface area contributed by atoms with E-state index in [4.69, 9.17) is 5.73 Å². The SMILES string of the molecule is CCC1(CNC(=O)c2cn(CCN)nn2)CCC1. The third-order valence-electron chi connectivity index (χ3n) is 3.92. The first-order valence-corrected chi connectivity index (χ1v) is 6.57. The monoisotopic (exact) mass is 251 g/mol. The first-order valence-electron chi connectivity index (χ1n) is 6.57. The van der Waals surface area contributed by atoms with Gasteiger partial charge >= 0.3 is 0 Å². The molecule has 6 heteroatoms. The van der Waals surface area contributed by atoms with Crippen molar-refractivity contribution in [1.82, 2.24) is 20.3 Å². The summed E-state index contributed by atoms with van der Waals surface area (Å²) >= 11 is 0. The summed E-state index contributed by atoms with van der Waals surface area (Å²) in [6.45, 7) is 4.00. The molecule has 0 radical (unpaired) electrons. The quantitative estimate of drug-likeness (QED) is 0.773. The molecule has 0 atom stereocenters. The number of nitrogens with zero attached hydrogens (tertiary/aromatic N) is 3. The molecule has 1 saturated carbocycles. The Morgan fingerprint density at radius 1 is 1.61 bits per heavy atom.